The highest BCUT2D eigenvalue weighted by Gasteiger charge is 2.15. The highest BCUT2D eigenvalue weighted by atomic mass is 19.1. The van der Waals surface area contributed by atoms with Crippen LogP contribution in [-0.4, -0.2) is 32.3 Å². The fraction of sp³-hybridized carbons (Fsp3) is 0.625. The number of hydrogen-bond donors (Lipinski definition) is 1. The normalized spacial score (nSPS) is 11.4. The van der Waals surface area contributed by atoms with Crippen LogP contribution >= 0.6 is 0 Å². The number of benzene rings is 1. The molecule has 0 amide bonds. The number of hydrogen-bond acceptors (Lipinski definition) is 3. The van der Waals surface area contributed by atoms with Crippen LogP contribution < -0.4 is 10.2 Å². The summed E-state index contributed by atoms with van der Waals surface area (Å²) in [5.74, 6) is -0.169. The van der Waals surface area contributed by atoms with Crippen molar-refractivity contribution in [3.63, 3.8) is 0 Å². The van der Waals surface area contributed by atoms with Crippen molar-refractivity contribution in [2.24, 2.45) is 0 Å². The third kappa shape index (κ3) is 5.10. The average Bonchev–Trinajstić information content (AvgIpc) is 2.38. The number of nitrogens with one attached hydrogen (secondary N) is 1. The standard InChI is InChI=1S/C16H27FN2O/c1-12(2)18-11-14-6-7-16(15(17)10-14)19(13(3)4)8-9-20-5/h6-7,10,12-13,18H,8-9,11H2,1-5H3. The molecule has 0 aliphatic rings. The Bertz CT molecular complexity index is 407. The molecule has 1 aromatic rings. The number of methoxy groups -OCH3 is 1. The van der Waals surface area contributed by atoms with Crippen LogP contribution in [0.25, 0.3) is 0 Å². The maximum absolute atomic E-state index is 14.3. The van der Waals surface area contributed by atoms with Crippen LogP contribution in [-0.2, 0) is 11.3 Å². The van der Waals surface area contributed by atoms with E-state index in [-0.39, 0.29) is 11.9 Å². The molecule has 20 heavy (non-hydrogen) atoms. The van der Waals surface area contributed by atoms with Gasteiger partial charge < -0.3 is 15.0 Å². The van der Waals surface area contributed by atoms with Crippen molar-refractivity contribution >= 4 is 5.69 Å². The summed E-state index contributed by atoms with van der Waals surface area (Å²) in [7, 11) is 1.66. The second kappa shape index (κ2) is 8.22. The summed E-state index contributed by atoms with van der Waals surface area (Å²) in [5, 5.41) is 3.29. The Morgan fingerprint density at radius 1 is 1.25 bits per heavy atom. The Labute approximate surface area is 122 Å². The summed E-state index contributed by atoms with van der Waals surface area (Å²) in [6, 6.07) is 6.09. The van der Waals surface area contributed by atoms with Gasteiger partial charge in [-0.2, -0.15) is 0 Å². The molecule has 0 bridgehead atoms. The maximum atomic E-state index is 14.3. The topological polar surface area (TPSA) is 24.5 Å². The molecule has 1 N–H and O–H groups in total. The van der Waals surface area contributed by atoms with Crippen molar-refractivity contribution in [1.82, 2.24) is 5.32 Å². The zero-order valence-electron chi connectivity index (χ0n) is 13.2. The number of ether oxygens (including phenoxy) is 1. The summed E-state index contributed by atoms with van der Waals surface area (Å²) >= 11 is 0. The van der Waals surface area contributed by atoms with Gasteiger partial charge in [0.1, 0.15) is 5.82 Å². The van der Waals surface area contributed by atoms with Gasteiger partial charge in [-0.25, -0.2) is 4.39 Å². The molecule has 0 unspecified atom stereocenters. The second-order valence-electron chi connectivity index (χ2n) is 5.60. The molecule has 0 heterocycles. The van der Waals surface area contributed by atoms with Crippen LogP contribution in [0, 0.1) is 5.82 Å². The van der Waals surface area contributed by atoms with E-state index in [1.165, 1.54) is 0 Å². The monoisotopic (exact) mass is 282 g/mol. The van der Waals surface area contributed by atoms with E-state index in [1.54, 1.807) is 13.2 Å². The van der Waals surface area contributed by atoms with Crippen molar-refractivity contribution < 1.29 is 9.13 Å². The summed E-state index contributed by atoms with van der Waals surface area (Å²) in [6.45, 7) is 10.2. The summed E-state index contributed by atoms with van der Waals surface area (Å²) in [5.41, 5.74) is 1.61. The van der Waals surface area contributed by atoms with E-state index in [4.69, 9.17) is 4.74 Å². The molecule has 0 aliphatic carbocycles. The lowest BCUT2D eigenvalue weighted by Crippen LogP contribution is -2.34. The van der Waals surface area contributed by atoms with Gasteiger partial charge in [0.05, 0.1) is 12.3 Å². The van der Waals surface area contributed by atoms with Crippen LogP contribution in [0.2, 0.25) is 0 Å². The molecule has 0 atom stereocenters. The molecule has 1 rings (SSSR count). The Kier molecular flexibility index (Phi) is 6.96. The van der Waals surface area contributed by atoms with E-state index >= 15 is 0 Å². The molecule has 114 valence electrons. The van der Waals surface area contributed by atoms with Gasteiger partial charge in [0.25, 0.3) is 0 Å². The molecule has 3 nitrogen and oxygen atoms in total. The lowest BCUT2D eigenvalue weighted by atomic mass is 10.1. The molecular formula is C16H27FN2O. The molecule has 0 radical (unpaired) electrons. The van der Waals surface area contributed by atoms with Crippen molar-refractivity contribution in [2.75, 3.05) is 25.2 Å². The van der Waals surface area contributed by atoms with Gasteiger partial charge in [0, 0.05) is 32.3 Å². The quantitative estimate of drug-likeness (QED) is 0.792. The van der Waals surface area contributed by atoms with E-state index in [2.05, 4.69) is 33.0 Å². The molecule has 0 aromatic heterocycles. The van der Waals surface area contributed by atoms with Gasteiger partial charge in [0.15, 0.2) is 0 Å². The fourth-order valence-corrected chi connectivity index (χ4v) is 2.06. The molecular weight excluding hydrogens is 255 g/mol. The van der Waals surface area contributed by atoms with Gasteiger partial charge in [-0.05, 0) is 31.5 Å². The van der Waals surface area contributed by atoms with Gasteiger partial charge in [-0.15, -0.1) is 0 Å². The largest absolute Gasteiger partial charge is 0.383 e. The lowest BCUT2D eigenvalue weighted by molar-refractivity contribution is 0.203. The van der Waals surface area contributed by atoms with E-state index < -0.39 is 0 Å². The van der Waals surface area contributed by atoms with Crippen molar-refractivity contribution in [3.05, 3.63) is 29.6 Å². The zero-order chi connectivity index (χ0) is 15.1. The van der Waals surface area contributed by atoms with Crippen molar-refractivity contribution in [3.8, 4) is 0 Å². The third-order valence-electron chi connectivity index (χ3n) is 3.20. The highest BCUT2D eigenvalue weighted by Crippen LogP contribution is 2.22. The first kappa shape index (κ1) is 16.9. The Morgan fingerprint density at radius 2 is 1.95 bits per heavy atom. The maximum Gasteiger partial charge on any atom is 0.146 e. The van der Waals surface area contributed by atoms with E-state index in [0.29, 0.717) is 31.4 Å². The van der Waals surface area contributed by atoms with Crippen LogP contribution in [0.1, 0.15) is 33.3 Å². The van der Waals surface area contributed by atoms with Gasteiger partial charge >= 0.3 is 0 Å². The Balaban J connectivity index is 2.83. The number of anilines is 1. The Hall–Kier alpha value is -1.13. The minimum absolute atomic E-state index is 0.169. The predicted molar refractivity (Wildman–Crippen MR) is 82.7 cm³/mol. The fourth-order valence-electron chi connectivity index (χ4n) is 2.06. The Morgan fingerprint density at radius 3 is 2.45 bits per heavy atom. The SMILES string of the molecule is COCCN(c1ccc(CNC(C)C)cc1F)C(C)C. The van der Waals surface area contributed by atoms with E-state index in [9.17, 15) is 4.39 Å². The molecule has 0 saturated carbocycles. The molecule has 1 aromatic carbocycles. The average molecular weight is 282 g/mol. The molecule has 0 spiro atoms. The first-order chi connectivity index (χ1) is 9.45. The summed E-state index contributed by atoms with van der Waals surface area (Å²) in [6.07, 6.45) is 0. The van der Waals surface area contributed by atoms with Gasteiger partial charge in [-0.1, -0.05) is 19.9 Å². The van der Waals surface area contributed by atoms with Crippen LogP contribution in [0.4, 0.5) is 10.1 Å². The first-order valence-electron chi connectivity index (χ1n) is 7.23. The molecule has 4 heteroatoms. The number of nitrogens with zero attached hydrogens (tertiary/aromatic N) is 1. The molecule has 0 aliphatic heterocycles. The minimum Gasteiger partial charge on any atom is -0.383 e. The smallest absolute Gasteiger partial charge is 0.146 e. The van der Waals surface area contributed by atoms with Crippen molar-refractivity contribution in [2.45, 2.75) is 46.3 Å². The predicted octanol–water partition coefficient (Wildman–Crippen LogP) is 3.18. The van der Waals surface area contributed by atoms with E-state index in [1.807, 2.05) is 17.0 Å². The van der Waals surface area contributed by atoms with Crippen LogP contribution in [0.3, 0.4) is 0 Å². The van der Waals surface area contributed by atoms with Crippen LogP contribution in [0.5, 0.6) is 0 Å². The van der Waals surface area contributed by atoms with Crippen LogP contribution in [0.15, 0.2) is 18.2 Å². The second-order valence-corrected chi connectivity index (χ2v) is 5.60. The number of halogens is 1. The molecule has 0 saturated heterocycles. The summed E-state index contributed by atoms with van der Waals surface area (Å²) in [4.78, 5) is 2.03. The zero-order valence-corrected chi connectivity index (χ0v) is 13.2. The highest BCUT2D eigenvalue weighted by molar-refractivity contribution is 5.50. The van der Waals surface area contributed by atoms with Crippen molar-refractivity contribution in [1.29, 1.82) is 0 Å². The minimum atomic E-state index is -0.169. The lowest BCUT2D eigenvalue weighted by Gasteiger charge is -2.29. The van der Waals surface area contributed by atoms with Gasteiger partial charge in [-0.3, -0.25) is 0 Å². The third-order valence-corrected chi connectivity index (χ3v) is 3.20. The molecule has 0 fully saturated rings. The summed E-state index contributed by atoms with van der Waals surface area (Å²) < 4.78 is 19.4. The first-order valence-corrected chi connectivity index (χ1v) is 7.23. The number of rotatable bonds is 8. The van der Waals surface area contributed by atoms with Gasteiger partial charge in [0.2, 0.25) is 0 Å². The van der Waals surface area contributed by atoms with E-state index in [0.717, 1.165) is 5.56 Å².